The number of hydrogen-bond donors (Lipinski definition) is 1. The maximum absolute atomic E-state index is 12.3. The summed E-state index contributed by atoms with van der Waals surface area (Å²) in [5.74, 6) is 0.696. The molecule has 1 aliphatic heterocycles. The Morgan fingerprint density at radius 3 is 2.76 bits per heavy atom. The number of ether oxygens (including phenoxy) is 1. The second-order valence-corrected chi connectivity index (χ2v) is 8.08. The second kappa shape index (κ2) is 5.50. The molecule has 114 valence electrons. The molecule has 1 amide bonds. The standard InChI is InChI=1S/C14H16ClNO4S/c15-21(18,19)10-3-4-13-12(7-10)11(5-6-20-13)14(17)16-8-9-1-2-9/h3-4,7,9,11H,1-2,5-6,8H2,(H,16,17). The Labute approximate surface area is 128 Å². The van der Waals surface area contributed by atoms with Gasteiger partial charge in [0.1, 0.15) is 5.75 Å². The van der Waals surface area contributed by atoms with E-state index < -0.39 is 9.05 Å². The lowest BCUT2D eigenvalue weighted by atomic mass is 9.92. The molecule has 0 radical (unpaired) electrons. The number of hydrogen-bond acceptors (Lipinski definition) is 4. The molecule has 1 aliphatic carbocycles. The number of rotatable bonds is 4. The van der Waals surface area contributed by atoms with Crippen molar-refractivity contribution >= 4 is 25.6 Å². The fourth-order valence-electron chi connectivity index (χ4n) is 2.49. The average Bonchev–Trinajstić information content (AvgIpc) is 3.26. The quantitative estimate of drug-likeness (QED) is 0.858. The fraction of sp³-hybridized carbons (Fsp3) is 0.500. The summed E-state index contributed by atoms with van der Waals surface area (Å²) >= 11 is 0. The van der Waals surface area contributed by atoms with E-state index in [2.05, 4.69) is 5.32 Å². The fourth-order valence-corrected chi connectivity index (χ4v) is 3.27. The van der Waals surface area contributed by atoms with Gasteiger partial charge in [0.2, 0.25) is 5.91 Å². The second-order valence-electron chi connectivity index (χ2n) is 5.52. The van der Waals surface area contributed by atoms with Gasteiger partial charge in [-0.2, -0.15) is 0 Å². The molecule has 1 saturated carbocycles. The normalized spacial score (nSPS) is 21.3. The molecular weight excluding hydrogens is 314 g/mol. The predicted molar refractivity (Wildman–Crippen MR) is 78.1 cm³/mol. The van der Waals surface area contributed by atoms with E-state index in [0.29, 0.717) is 36.8 Å². The molecule has 1 atom stereocenters. The van der Waals surface area contributed by atoms with Crippen molar-refractivity contribution in [3.63, 3.8) is 0 Å². The van der Waals surface area contributed by atoms with Crippen LogP contribution >= 0.6 is 10.7 Å². The molecule has 0 bridgehead atoms. The third kappa shape index (κ3) is 3.32. The molecule has 21 heavy (non-hydrogen) atoms. The van der Waals surface area contributed by atoms with Crippen LogP contribution in [0.2, 0.25) is 0 Å². The van der Waals surface area contributed by atoms with E-state index in [1.807, 2.05) is 0 Å². The Bertz CT molecular complexity index is 670. The van der Waals surface area contributed by atoms with Gasteiger partial charge in [0.15, 0.2) is 0 Å². The van der Waals surface area contributed by atoms with Gasteiger partial charge >= 0.3 is 0 Å². The summed E-state index contributed by atoms with van der Waals surface area (Å²) in [6, 6.07) is 4.40. The van der Waals surface area contributed by atoms with Gasteiger partial charge < -0.3 is 10.1 Å². The van der Waals surface area contributed by atoms with Gasteiger partial charge in [0.05, 0.1) is 17.4 Å². The monoisotopic (exact) mass is 329 g/mol. The zero-order valence-corrected chi connectivity index (χ0v) is 12.9. The van der Waals surface area contributed by atoms with Crippen molar-refractivity contribution in [2.75, 3.05) is 13.2 Å². The average molecular weight is 330 g/mol. The third-order valence-corrected chi connectivity index (χ3v) is 5.23. The maximum atomic E-state index is 12.3. The van der Waals surface area contributed by atoms with Crippen molar-refractivity contribution in [1.29, 1.82) is 0 Å². The van der Waals surface area contributed by atoms with E-state index in [-0.39, 0.29) is 16.7 Å². The number of amides is 1. The molecule has 2 aliphatic rings. The van der Waals surface area contributed by atoms with Crippen LogP contribution in [-0.4, -0.2) is 27.5 Å². The third-order valence-electron chi connectivity index (χ3n) is 3.88. The minimum absolute atomic E-state index is 0.00610. The van der Waals surface area contributed by atoms with E-state index in [1.54, 1.807) is 6.07 Å². The maximum Gasteiger partial charge on any atom is 0.261 e. The zero-order valence-electron chi connectivity index (χ0n) is 11.3. The van der Waals surface area contributed by atoms with Gasteiger partial charge in [0, 0.05) is 22.8 Å². The molecular formula is C14H16ClNO4S. The highest BCUT2D eigenvalue weighted by Gasteiger charge is 2.30. The van der Waals surface area contributed by atoms with E-state index >= 15 is 0 Å². The Morgan fingerprint density at radius 1 is 1.33 bits per heavy atom. The summed E-state index contributed by atoms with van der Waals surface area (Å²) in [6.07, 6.45) is 2.87. The van der Waals surface area contributed by atoms with E-state index in [9.17, 15) is 13.2 Å². The van der Waals surface area contributed by atoms with E-state index in [0.717, 1.165) is 0 Å². The molecule has 0 aromatic heterocycles. The van der Waals surface area contributed by atoms with Crippen LogP contribution in [0.15, 0.2) is 23.1 Å². The van der Waals surface area contributed by atoms with Crippen LogP contribution in [0, 0.1) is 5.92 Å². The van der Waals surface area contributed by atoms with Crippen LogP contribution in [0.4, 0.5) is 0 Å². The number of benzene rings is 1. The molecule has 5 nitrogen and oxygen atoms in total. The zero-order chi connectivity index (χ0) is 15.0. The lowest BCUT2D eigenvalue weighted by Gasteiger charge is -2.25. The molecule has 1 unspecified atom stereocenters. The Kier molecular flexibility index (Phi) is 3.84. The van der Waals surface area contributed by atoms with Crippen LogP contribution < -0.4 is 10.1 Å². The first-order chi connectivity index (χ1) is 9.95. The largest absolute Gasteiger partial charge is 0.493 e. The van der Waals surface area contributed by atoms with Crippen LogP contribution in [-0.2, 0) is 13.8 Å². The summed E-state index contributed by atoms with van der Waals surface area (Å²) in [6.45, 7) is 1.14. The molecule has 0 saturated heterocycles. The van der Waals surface area contributed by atoms with Gasteiger partial charge in [-0.3, -0.25) is 4.79 Å². The van der Waals surface area contributed by atoms with Gasteiger partial charge in [0.25, 0.3) is 9.05 Å². The topological polar surface area (TPSA) is 72.5 Å². The van der Waals surface area contributed by atoms with Crippen molar-refractivity contribution in [3.8, 4) is 5.75 Å². The predicted octanol–water partition coefficient (Wildman–Crippen LogP) is 2.01. The molecule has 7 heteroatoms. The van der Waals surface area contributed by atoms with Gasteiger partial charge in [-0.1, -0.05) is 0 Å². The summed E-state index contributed by atoms with van der Waals surface area (Å²) < 4.78 is 28.4. The van der Waals surface area contributed by atoms with Gasteiger partial charge in [-0.15, -0.1) is 0 Å². The minimum Gasteiger partial charge on any atom is -0.493 e. The smallest absolute Gasteiger partial charge is 0.261 e. The number of fused-ring (bicyclic) bond motifs is 1. The molecule has 3 rings (SSSR count). The van der Waals surface area contributed by atoms with Crippen LogP contribution in [0.3, 0.4) is 0 Å². The Balaban J connectivity index is 1.86. The number of nitrogens with one attached hydrogen (secondary N) is 1. The molecule has 1 aromatic carbocycles. The summed E-state index contributed by atoms with van der Waals surface area (Å²) in [7, 11) is 1.55. The highest BCUT2D eigenvalue weighted by Crippen LogP contribution is 2.36. The molecule has 1 aromatic rings. The van der Waals surface area contributed by atoms with Crippen molar-refractivity contribution < 1.29 is 17.9 Å². The first-order valence-electron chi connectivity index (χ1n) is 6.94. The SMILES string of the molecule is O=C(NCC1CC1)C1CCOc2ccc(S(=O)(=O)Cl)cc21. The molecule has 1 heterocycles. The van der Waals surface area contributed by atoms with Crippen molar-refractivity contribution in [2.45, 2.75) is 30.1 Å². The number of halogens is 1. The van der Waals surface area contributed by atoms with Crippen molar-refractivity contribution in [2.24, 2.45) is 5.92 Å². The van der Waals surface area contributed by atoms with Crippen molar-refractivity contribution in [1.82, 2.24) is 5.32 Å². The van der Waals surface area contributed by atoms with Crippen LogP contribution in [0.25, 0.3) is 0 Å². The minimum atomic E-state index is -3.82. The van der Waals surface area contributed by atoms with Crippen LogP contribution in [0.5, 0.6) is 5.75 Å². The Morgan fingerprint density at radius 2 is 2.10 bits per heavy atom. The van der Waals surface area contributed by atoms with Crippen molar-refractivity contribution in [3.05, 3.63) is 23.8 Å². The summed E-state index contributed by atoms with van der Waals surface area (Å²) in [5, 5.41) is 2.94. The molecule has 0 spiro atoms. The van der Waals surface area contributed by atoms with E-state index in [1.165, 1.54) is 25.0 Å². The number of carbonyl (C=O) groups excluding carboxylic acids is 1. The van der Waals surface area contributed by atoms with E-state index in [4.69, 9.17) is 15.4 Å². The van der Waals surface area contributed by atoms with Crippen LogP contribution in [0.1, 0.15) is 30.7 Å². The molecule has 1 fully saturated rings. The van der Waals surface area contributed by atoms with Gasteiger partial charge in [-0.25, -0.2) is 8.42 Å². The number of carbonyl (C=O) groups is 1. The first kappa shape index (κ1) is 14.7. The first-order valence-corrected chi connectivity index (χ1v) is 9.25. The highest BCUT2D eigenvalue weighted by molar-refractivity contribution is 8.13. The Hall–Kier alpha value is -1.27. The lowest BCUT2D eigenvalue weighted by molar-refractivity contribution is -0.123. The summed E-state index contributed by atoms with van der Waals surface area (Å²) in [4.78, 5) is 12.3. The van der Waals surface area contributed by atoms with Gasteiger partial charge in [-0.05, 0) is 43.4 Å². The molecule has 1 N–H and O–H groups in total. The lowest BCUT2D eigenvalue weighted by Crippen LogP contribution is -2.33. The summed E-state index contributed by atoms with van der Waals surface area (Å²) in [5.41, 5.74) is 0.594. The highest BCUT2D eigenvalue weighted by atomic mass is 35.7.